The van der Waals surface area contributed by atoms with Gasteiger partial charge in [-0.3, -0.25) is 9.00 Å². The molecule has 1 aliphatic carbocycles. The van der Waals surface area contributed by atoms with Gasteiger partial charge < -0.3 is 11.1 Å². The van der Waals surface area contributed by atoms with Gasteiger partial charge in [0.05, 0.1) is 0 Å². The Balaban J connectivity index is 2.06. The number of carbonyl (C=O) groups is 1. The fraction of sp³-hybridized carbons (Fsp3) is 0.900. The Morgan fingerprint density at radius 1 is 1.60 bits per heavy atom. The Morgan fingerprint density at radius 2 is 2.27 bits per heavy atom. The van der Waals surface area contributed by atoms with Crippen LogP contribution in [-0.2, 0) is 15.6 Å². The summed E-state index contributed by atoms with van der Waals surface area (Å²) in [6.45, 7) is 1.97. The number of amides is 1. The van der Waals surface area contributed by atoms with E-state index in [2.05, 4.69) is 5.32 Å². The highest BCUT2D eigenvalue weighted by atomic mass is 32.2. The lowest BCUT2D eigenvalue weighted by Crippen LogP contribution is -2.30. The minimum absolute atomic E-state index is 0.00248. The maximum absolute atomic E-state index is 11.5. The first-order valence-corrected chi connectivity index (χ1v) is 7.00. The van der Waals surface area contributed by atoms with Gasteiger partial charge in [0.1, 0.15) is 0 Å². The third-order valence-electron chi connectivity index (χ3n) is 2.42. The quantitative estimate of drug-likeness (QED) is 0.656. The molecule has 0 spiro atoms. The number of nitrogens with two attached hydrogens (primary N) is 1. The second-order valence-corrected chi connectivity index (χ2v) is 5.69. The van der Waals surface area contributed by atoms with Gasteiger partial charge in [0.25, 0.3) is 0 Å². The van der Waals surface area contributed by atoms with Crippen LogP contribution in [0.25, 0.3) is 0 Å². The van der Waals surface area contributed by atoms with E-state index in [1.165, 1.54) is 0 Å². The Morgan fingerprint density at radius 3 is 2.80 bits per heavy atom. The third-order valence-corrected chi connectivity index (χ3v) is 3.88. The molecule has 0 aromatic rings. The predicted octanol–water partition coefficient (Wildman–Crippen LogP) is 0.141. The van der Waals surface area contributed by atoms with Gasteiger partial charge in [-0.25, -0.2) is 0 Å². The lowest BCUT2D eigenvalue weighted by Gasteiger charge is -2.08. The van der Waals surface area contributed by atoms with Gasteiger partial charge in [-0.05, 0) is 19.3 Å². The molecule has 88 valence electrons. The van der Waals surface area contributed by atoms with Crippen molar-refractivity contribution in [3.8, 4) is 0 Å². The Kier molecular flexibility index (Phi) is 5.25. The van der Waals surface area contributed by atoms with Crippen LogP contribution in [0, 0.1) is 0 Å². The zero-order valence-corrected chi connectivity index (χ0v) is 10.0. The number of rotatable bonds is 7. The first-order chi connectivity index (χ1) is 7.11. The molecular weight excluding hydrogens is 212 g/mol. The lowest BCUT2D eigenvalue weighted by atomic mass is 10.3. The maximum Gasteiger partial charge on any atom is 0.221 e. The molecule has 0 bridgehead atoms. The second-order valence-electron chi connectivity index (χ2n) is 4.07. The molecule has 2 atom stereocenters. The Labute approximate surface area is 93.4 Å². The average molecular weight is 232 g/mol. The van der Waals surface area contributed by atoms with Gasteiger partial charge >= 0.3 is 0 Å². The Bertz CT molecular complexity index is 242. The third kappa shape index (κ3) is 5.89. The molecule has 0 heterocycles. The van der Waals surface area contributed by atoms with Crippen LogP contribution >= 0.6 is 0 Å². The van der Waals surface area contributed by atoms with E-state index in [1.54, 1.807) is 0 Å². The van der Waals surface area contributed by atoms with Gasteiger partial charge in [0.15, 0.2) is 0 Å². The molecule has 1 amide bonds. The minimum atomic E-state index is -0.951. The number of carbonyl (C=O) groups excluding carboxylic acids is 1. The van der Waals surface area contributed by atoms with E-state index >= 15 is 0 Å². The highest BCUT2D eigenvalue weighted by Crippen LogP contribution is 2.18. The van der Waals surface area contributed by atoms with E-state index in [-0.39, 0.29) is 11.9 Å². The van der Waals surface area contributed by atoms with Crippen molar-refractivity contribution in [2.75, 3.05) is 11.5 Å². The molecule has 3 N–H and O–H groups in total. The largest absolute Gasteiger partial charge is 0.353 e. The molecule has 15 heavy (non-hydrogen) atoms. The van der Waals surface area contributed by atoms with Crippen molar-refractivity contribution >= 4 is 16.7 Å². The van der Waals surface area contributed by atoms with E-state index in [1.807, 2.05) is 6.92 Å². The van der Waals surface area contributed by atoms with Gasteiger partial charge in [0, 0.05) is 40.8 Å². The molecule has 0 aromatic carbocycles. The normalized spacial score (nSPS) is 19.6. The number of hydrogen-bond donors (Lipinski definition) is 2. The summed E-state index contributed by atoms with van der Waals surface area (Å²) in [5.74, 6) is 0.968. The molecule has 1 fully saturated rings. The molecule has 0 aromatic heterocycles. The van der Waals surface area contributed by atoms with E-state index in [0.717, 1.165) is 19.3 Å². The first kappa shape index (κ1) is 12.6. The van der Waals surface area contributed by atoms with Crippen molar-refractivity contribution in [1.82, 2.24) is 5.32 Å². The predicted molar refractivity (Wildman–Crippen MR) is 61.9 cm³/mol. The second kappa shape index (κ2) is 6.23. The van der Waals surface area contributed by atoms with Crippen LogP contribution in [-0.4, -0.2) is 33.7 Å². The van der Waals surface area contributed by atoms with Gasteiger partial charge in [-0.2, -0.15) is 0 Å². The van der Waals surface area contributed by atoms with Crippen LogP contribution in [0.15, 0.2) is 0 Å². The minimum Gasteiger partial charge on any atom is -0.353 e. The monoisotopic (exact) mass is 232 g/mol. The Hall–Kier alpha value is -0.420. The van der Waals surface area contributed by atoms with Crippen LogP contribution in [0.3, 0.4) is 0 Å². The van der Waals surface area contributed by atoms with Crippen LogP contribution in [0.1, 0.15) is 32.6 Å². The van der Waals surface area contributed by atoms with Crippen LogP contribution in [0.5, 0.6) is 0 Å². The lowest BCUT2D eigenvalue weighted by molar-refractivity contribution is -0.120. The molecular formula is C10H20N2O2S. The summed E-state index contributed by atoms with van der Waals surface area (Å²) < 4.78 is 11.5. The van der Waals surface area contributed by atoms with Crippen molar-refractivity contribution < 1.29 is 9.00 Å². The molecule has 0 radical (unpaired) electrons. The van der Waals surface area contributed by atoms with Crippen molar-refractivity contribution in [3.05, 3.63) is 0 Å². The van der Waals surface area contributed by atoms with E-state index in [4.69, 9.17) is 5.73 Å². The first-order valence-electron chi connectivity index (χ1n) is 5.51. The topological polar surface area (TPSA) is 72.2 Å². The van der Waals surface area contributed by atoms with Crippen LogP contribution < -0.4 is 11.1 Å². The van der Waals surface area contributed by atoms with E-state index in [0.29, 0.717) is 24.0 Å². The highest BCUT2D eigenvalue weighted by molar-refractivity contribution is 7.85. The molecule has 0 saturated heterocycles. The fourth-order valence-electron chi connectivity index (χ4n) is 1.17. The van der Waals surface area contributed by atoms with Crippen LogP contribution in [0.4, 0.5) is 0 Å². The van der Waals surface area contributed by atoms with Gasteiger partial charge in [-0.15, -0.1) is 0 Å². The highest BCUT2D eigenvalue weighted by Gasteiger charge is 2.23. The summed E-state index contributed by atoms with van der Waals surface area (Å²) in [6.07, 6.45) is 3.38. The van der Waals surface area contributed by atoms with Crippen molar-refractivity contribution in [3.63, 3.8) is 0 Å². The summed E-state index contributed by atoms with van der Waals surface area (Å²) in [7, 11) is -0.951. The van der Waals surface area contributed by atoms with Gasteiger partial charge in [0.2, 0.25) is 5.91 Å². The van der Waals surface area contributed by atoms with Crippen LogP contribution in [0.2, 0.25) is 0 Å². The van der Waals surface area contributed by atoms with Crippen molar-refractivity contribution in [1.29, 1.82) is 0 Å². The SMILES string of the molecule is CCC(N)CS(=O)CCC(=O)NC1CC1. The summed E-state index contributed by atoms with van der Waals surface area (Å²) in [6, 6.07) is 0.390. The van der Waals surface area contributed by atoms with Crippen molar-refractivity contribution in [2.24, 2.45) is 5.73 Å². The fourth-order valence-corrected chi connectivity index (χ4v) is 2.47. The smallest absolute Gasteiger partial charge is 0.221 e. The molecule has 2 unspecified atom stereocenters. The zero-order valence-electron chi connectivity index (χ0n) is 9.20. The average Bonchev–Trinajstić information content (AvgIpc) is 2.98. The molecule has 5 heteroatoms. The molecule has 0 aliphatic heterocycles. The number of hydrogen-bond acceptors (Lipinski definition) is 3. The summed E-state index contributed by atoms with van der Waals surface area (Å²) in [5, 5.41) is 2.87. The number of nitrogens with one attached hydrogen (secondary N) is 1. The molecule has 1 aliphatic rings. The molecule has 1 rings (SSSR count). The van der Waals surface area contributed by atoms with Crippen molar-refractivity contribution in [2.45, 2.75) is 44.7 Å². The summed E-state index contributed by atoms with van der Waals surface area (Å²) in [4.78, 5) is 11.3. The van der Waals surface area contributed by atoms with E-state index < -0.39 is 10.8 Å². The standard InChI is InChI=1S/C10H20N2O2S/c1-2-8(11)7-15(14)6-5-10(13)12-9-3-4-9/h8-9H,2-7,11H2,1H3,(H,12,13). The zero-order chi connectivity index (χ0) is 11.3. The summed E-state index contributed by atoms with van der Waals surface area (Å²) >= 11 is 0. The molecule has 1 saturated carbocycles. The maximum atomic E-state index is 11.5. The summed E-state index contributed by atoms with van der Waals surface area (Å²) in [5.41, 5.74) is 5.68. The van der Waals surface area contributed by atoms with E-state index in [9.17, 15) is 9.00 Å². The van der Waals surface area contributed by atoms with Gasteiger partial charge in [-0.1, -0.05) is 6.92 Å². The molecule has 4 nitrogen and oxygen atoms in total.